The van der Waals surface area contributed by atoms with Crippen LogP contribution in [-0.4, -0.2) is 30.7 Å². The molecule has 0 aromatic heterocycles. The predicted octanol–water partition coefficient (Wildman–Crippen LogP) is -0.905. The van der Waals surface area contributed by atoms with Crippen LogP contribution in [0.2, 0.25) is 0 Å². The number of piperazine rings is 1. The van der Waals surface area contributed by atoms with Crippen LogP contribution in [0.15, 0.2) is 6.08 Å². The summed E-state index contributed by atoms with van der Waals surface area (Å²) in [5.74, 6) is 0. The van der Waals surface area contributed by atoms with Gasteiger partial charge in [-0.3, -0.25) is 0 Å². The summed E-state index contributed by atoms with van der Waals surface area (Å²) < 4.78 is 0. The van der Waals surface area contributed by atoms with E-state index in [2.05, 4.69) is 28.0 Å². The number of nitrogens with zero attached hydrogens (tertiary/aromatic N) is 1. The second-order valence-corrected chi connectivity index (χ2v) is 2.39. The maximum absolute atomic E-state index is 3.30. The number of hydrogen-bond donors (Lipinski definition) is 2. The van der Waals surface area contributed by atoms with Gasteiger partial charge in [-0.05, 0) is 6.08 Å². The van der Waals surface area contributed by atoms with Crippen LogP contribution >= 0.6 is 0 Å². The van der Waals surface area contributed by atoms with Crippen molar-refractivity contribution in [1.29, 1.82) is 0 Å². The normalized spacial score (nSPS) is 34.0. The third-order valence-corrected chi connectivity index (χ3v) is 1.77. The van der Waals surface area contributed by atoms with Gasteiger partial charge in [0.1, 0.15) is 0 Å². The molecule has 2 rings (SSSR count). The van der Waals surface area contributed by atoms with E-state index >= 15 is 0 Å². The molecule has 2 aliphatic heterocycles. The Labute approximate surface area is 54.7 Å². The van der Waals surface area contributed by atoms with E-state index in [4.69, 9.17) is 0 Å². The lowest BCUT2D eigenvalue weighted by atomic mass is 10.2. The Morgan fingerprint density at radius 1 is 1.67 bits per heavy atom. The summed E-state index contributed by atoms with van der Waals surface area (Å²) in [5.41, 5.74) is 3.05. The van der Waals surface area contributed by atoms with Crippen molar-refractivity contribution in [2.45, 2.75) is 6.04 Å². The van der Waals surface area contributed by atoms with Crippen LogP contribution in [0.5, 0.6) is 0 Å². The van der Waals surface area contributed by atoms with Crippen molar-refractivity contribution in [1.82, 2.24) is 15.8 Å². The first-order valence-electron chi connectivity index (χ1n) is 3.29. The minimum atomic E-state index is 0.541. The smallest absolute Gasteiger partial charge is 0.0709 e. The van der Waals surface area contributed by atoms with E-state index in [9.17, 15) is 0 Å². The SMILES string of the molecule is [C]1=CC2CNCCN2N1. The summed E-state index contributed by atoms with van der Waals surface area (Å²) in [6.07, 6.45) is 5.04. The zero-order valence-corrected chi connectivity index (χ0v) is 5.22. The molecule has 2 N–H and O–H groups in total. The molecule has 0 aromatic carbocycles. The van der Waals surface area contributed by atoms with Crippen molar-refractivity contribution < 1.29 is 0 Å². The second-order valence-electron chi connectivity index (χ2n) is 2.39. The quantitative estimate of drug-likeness (QED) is 0.438. The van der Waals surface area contributed by atoms with Gasteiger partial charge in [0.2, 0.25) is 0 Å². The maximum Gasteiger partial charge on any atom is 0.0709 e. The predicted molar refractivity (Wildman–Crippen MR) is 34.3 cm³/mol. The number of hydrogen-bond acceptors (Lipinski definition) is 3. The summed E-state index contributed by atoms with van der Waals surface area (Å²) in [6.45, 7) is 3.22. The summed E-state index contributed by atoms with van der Waals surface area (Å²) in [7, 11) is 0. The fourth-order valence-corrected chi connectivity index (χ4v) is 1.23. The molecule has 1 unspecified atom stereocenters. The van der Waals surface area contributed by atoms with E-state index < -0.39 is 0 Å². The van der Waals surface area contributed by atoms with Gasteiger partial charge in [-0.2, -0.15) is 0 Å². The lowest BCUT2D eigenvalue weighted by molar-refractivity contribution is 0.166. The summed E-state index contributed by atoms with van der Waals surface area (Å²) in [4.78, 5) is 0. The van der Waals surface area contributed by atoms with Crippen LogP contribution in [0.25, 0.3) is 0 Å². The van der Waals surface area contributed by atoms with Gasteiger partial charge in [-0.1, -0.05) is 0 Å². The van der Waals surface area contributed by atoms with Gasteiger partial charge < -0.3 is 10.7 Å². The molecular formula is C6H10N3. The Balaban J connectivity index is 2.03. The first kappa shape index (κ1) is 5.26. The molecule has 0 amide bonds. The van der Waals surface area contributed by atoms with Gasteiger partial charge in [0.25, 0.3) is 0 Å². The Morgan fingerprint density at radius 3 is 3.56 bits per heavy atom. The van der Waals surface area contributed by atoms with Crippen LogP contribution in [-0.2, 0) is 0 Å². The molecule has 3 nitrogen and oxygen atoms in total. The molecule has 49 valence electrons. The maximum atomic E-state index is 3.30. The lowest BCUT2D eigenvalue weighted by Gasteiger charge is -2.29. The van der Waals surface area contributed by atoms with E-state index in [0.717, 1.165) is 19.6 Å². The molecule has 1 saturated heterocycles. The van der Waals surface area contributed by atoms with Crippen LogP contribution in [0.1, 0.15) is 0 Å². The summed E-state index contributed by atoms with van der Waals surface area (Å²) >= 11 is 0. The first-order valence-corrected chi connectivity index (χ1v) is 3.29. The fourth-order valence-electron chi connectivity index (χ4n) is 1.23. The fraction of sp³-hybridized carbons (Fsp3) is 0.667. The molecule has 0 spiro atoms. The Morgan fingerprint density at radius 2 is 2.67 bits per heavy atom. The summed E-state index contributed by atoms with van der Waals surface area (Å²) in [6, 6.07) is 0.541. The van der Waals surface area contributed by atoms with Crippen molar-refractivity contribution in [3.8, 4) is 0 Å². The standard InChI is InChI=1S/C6H10N3/c1-2-8-9-4-3-7-5-6(1)9/h1,6-8H,3-5H2. The first-order chi connectivity index (χ1) is 4.47. The minimum absolute atomic E-state index is 0.541. The van der Waals surface area contributed by atoms with Crippen molar-refractivity contribution in [2.75, 3.05) is 19.6 Å². The molecule has 2 aliphatic rings. The van der Waals surface area contributed by atoms with Crippen LogP contribution in [0.4, 0.5) is 0 Å². The van der Waals surface area contributed by atoms with Gasteiger partial charge in [0, 0.05) is 19.6 Å². The molecule has 1 atom stereocenters. The van der Waals surface area contributed by atoms with Crippen LogP contribution in [0.3, 0.4) is 0 Å². The largest absolute Gasteiger partial charge is 0.316 e. The average molecular weight is 124 g/mol. The third-order valence-electron chi connectivity index (χ3n) is 1.77. The molecule has 0 saturated carbocycles. The van der Waals surface area contributed by atoms with E-state index in [0.29, 0.717) is 6.04 Å². The lowest BCUT2D eigenvalue weighted by Crippen LogP contribution is -2.51. The van der Waals surface area contributed by atoms with Gasteiger partial charge >= 0.3 is 0 Å². The Bertz CT molecular complexity index is 132. The monoisotopic (exact) mass is 124 g/mol. The second kappa shape index (κ2) is 2.01. The zero-order valence-electron chi connectivity index (χ0n) is 5.22. The van der Waals surface area contributed by atoms with E-state index in [1.807, 2.05) is 0 Å². The highest BCUT2D eigenvalue weighted by molar-refractivity contribution is 4.97. The van der Waals surface area contributed by atoms with Crippen molar-refractivity contribution in [3.05, 3.63) is 12.3 Å². The molecule has 0 bridgehead atoms. The molecule has 0 aliphatic carbocycles. The van der Waals surface area contributed by atoms with E-state index in [-0.39, 0.29) is 0 Å². The van der Waals surface area contributed by atoms with Crippen molar-refractivity contribution in [3.63, 3.8) is 0 Å². The number of fused-ring (bicyclic) bond motifs is 1. The average Bonchev–Trinajstić information content (AvgIpc) is 2.33. The van der Waals surface area contributed by atoms with Gasteiger partial charge in [-0.15, -0.1) is 0 Å². The van der Waals surface area contributed by atoms with E-state index in [1.54, 1.807) is 0 Å². The highest BCUT2D eigenvalue weighted by Gasteiger charge is 2.21. The molecular weight excluding hydrogens is 114 g/mol. The number of rotatable bonds is 0. The van der Waals surface area contributed by atoms with Crippen molar-refractivity contribution >= 4 is 0 Å². The summed E-state index contributed by atoms with van der Waals surface area (Å²) in [5, 5.41) is 5.49. The Hall–Kier alpha value is -0.540. The van der Waals surface area contributed by atoms with Crippen LogP contribution < -0.4 is 10.7 Å². The van der Waals surface area contributed by atoms with Crippen LogP contribution in [0, 0.1) is 6.20 Å². The minimum Gasteiger partial charge on any atom is -0.316 e. The van der Waals surface area contributed by atoms with Gasteiger partial charge in [-0.25, -0.2) is 5.01 Å². The molecule has 3 heteroatoms. The zero-order chi connectivity index (χ0) is 6.10. The topological polar surface area (TPSA) is 27.3 Å². The molecule has 9 heavy (non-hydrogen) atoms. The molecule has 2 heterocycles. The number of nitrogens with one attached hydrogen (secondary N) is 2. The van der Waals surface area contributed by atoms with E-state index in [1.165, 1.54) is 0 Å². The van der Waals surface area contributed by atoms with Gasteiger partial charge in [0.15, 0.2) is 0 Å². The Kier molecular flexibility index (Phi) is 1.17. The highest BCUT2D eigenvalue weighted by Crippen LogP contribution is 2.04. The van der Waals surface area contributed by atoms with Gasteiger partial charge in [0.05, 0.1) is 12.2 Å². The van der Waals surface area contributed by atoms with Crippen molar-refractivity contribution in [2.24, 2.45) is 0 Å². The third kappa shape index (κ3) is 0.821. The molecule has 1 radical (unpaired) electrons. The molecule has 0 aromatic rings. The molecule has 1 fully saturated rings. The highest BCUT2D eigenvalue weighted by atomic mass is 15.5. The number of hydrazine groups is 1.